The third-order valence-corrected chi connectivity index (χ3v) is 4.59. The maximum absolute atomic E-state index is 12.1. The van der Waals surface area contributed by atoms with E-state index in [1.807, 2.05) is 13.0 Å². The summed E-state index contributed by atoms with van der Waals surface area (Å²) in [4.78, 5) is 12.1. The lowest BCUT2D eigenvalue weighted by Gasteiger charge is -2.14. The van der Waals surface area contributed by atoms with Crippen LogP contribution in [0, 0.1) is 11.8 Å². The molecule has 0 aromatic heterocycles. The Labute approximate surface area is 148 Å². The number of rotatable bonds is 6. The summed E-state index contributed by atoms with van der Waals surface area (Å²) in [5.41, 5.74) is 0.962. The quantitative estimate of drug-likeness (QED) is 0.807. The van der Waals surface area contributed by atoms with E-state index < -0.39 is 0 Å². The Kier molecular flexibility index (Phi) is 8.55. The molecule has 2 N–H and O–H groups in total. The van der Waals surface area contributed by atoms with Gasteiger partial charge in [-0.05, 0) is 56.0 Å². The maximum Gasteiger partial charge on any atom is 0.223 e. The second-order valence-corrected chi connectivity index (χ2v) is 6.62. The highest BCUT2D eigenvalue weighted by Gasteiger charge is 2.17. The average Bonchev–Trinajstić information content (AvgIpc) is 2.95. The number of nitrogens with one attached hydrogen (secondary N) is 2. The van der Waals surface area contributed by atoms with Crippen molar-refractivity contribution in [3.05, 3.63) is 33.8 Å². The molecule has 0 spiro atoms. The van der Waals surface area contributed by atoms with Gasteiger partial charge < -0.3 is 10.6 Å². The molecule has 1 amide bonds. The molecule has 2 unspecified atom stereocenters. The molecule has 1 saturated heterocycles. The Morgan fingerprint density at radius 1 is 1.45 bits per heavy atom. The molecular formula is C16H23Cl3N2O. The number of amides is 1. The summed E-state index contributed by atoms with van der Waals surface area (Å²) in [5, 5.41) is 7.60. The van der Waals surface area contributed by atoms with E-state index >= 15 is 0 Å². The molecule has 1 heterocycles. The first kappa shape index (κ1) is 19.6. The first-order valence-corrected chi connectivity index (χ1v) is 8.24. The van der Waals surface area contributed by atoms with Crippen LogP contribution in [0.15, 0.2) is 18.2 Å². The fraction of sp³-hybridized carbons (Fsp3) is 0.562. The van der Waals surface area contributed by atoms with E-state index in [9.17, 15) is 4.79 Å². The Morgan fingerprint density at radius 3 is 2.86 bits per heavy atom. The zero-order valence-corrected chi connectivity index (χ0v) is 15.0. The van der Waals surface area contributed by atoms with Gasteiger partial charge in [-0.25, -0.2) is 0 Å². The molecule has 6 heteroatoms. The van der Waals surface area contributed by atoms with Gasteiger partial charge in [-0.1, -0.05) is 36.2 Å². The second kappa shape index (κ2) is 9.61. The lowest BCUT2D eigenvalue weighted by atomic mass is 10.00. The molecule has 1 aliphatic heterocycles. The molecule has 1 aromatic rings. The first-order valence-electron chi connectivity index (χ1n) is 7.48. The minimum atomic E-state index is -0.0922. The standard InChI is InChI=1S/C16H22Cl2N2O.ClH/c1-11(8-13-2-3-14(17)9-15(13)18)16(21)20-7-5-12-4-6-19-10-12;/h2-3,9,11-12,19H,4-8,10H2,1H3,(H,20,21);1H. The predicted molar refractivity (Wildman–Crippen MR) is 95.2 cm³/mol. The van der Waals surface area contributed by atoms with Crippen LogP contribution >= 0.6 is 35.6 Å². The van der Waals surface area contributed by atoms with Gasteiger partial charge in [0.2, 0.25) is 5.91 Å². The highest BCUT2D eigenvalue weighted by atomic mass is 35.5. The number of hydrogen-bond acceptors (Lipinski definition) is 2. The van der Waals surface area contributed by atoms with Crippen LogP contribution in [0.25, 0.3) is 0 Å². The number of carbonyl (C=O) groups is 1. The van der Waals surface area contributed by atoms with Gasteiger partial charge in [0.25, 0.3) is 0 Å². The second-order valence-electron chi connectivity index (χ2n) is 5.78. The van der Waals surface area contributed by atoms with Crippen molar-refractivity contribution in [2.75, 3.05) is 19.6 Å². The fourth-order valence-electron chi connectivity index (χ4n) is 2.64. The molecule has 2 rings (SSSR count). The third kappa shape index (κ3) is 5.96. The Balaban J connectivity index is 0.00000242. The summed E-state index contributed by atoms with van der Waals surface area (Å²) in [6.07, 6.45) is 2.89. The molecule has 1 aromatic carbocycles. The maximum atomic E-state index is 12.1. The average molecular weight is 366 g/mol. The zero-order valence-electron chi connectivity index (χ0n) is 12.7. The van der Waals surface area contributed by atoms with Gasteiger partial charge in [0, 0.05) is 22.5 Å². The highest BCUT2D eigenvalue weighted by molar-refractivity contribution is 6.35. The van der Waals surface area contributed by atoms with Crippen LogP contribution in [0.2, 0.25) is 10.0 Å². The number of benzene rings is 1. The van der Waals surface area contributed by atoms with E-state index in [1.54, 1.807) is 12.1 Å². The molecule has 1 aliphatic rings. The van der Waals surface area contributed by atoms with Gasteiger partial charge in [0.1, 0.15) is 0 Å². The summed E-state index contributed by atoms with van der Waals surface area (Å²) >= 11 is 12.0. The van der Waals surface area contributed by atoms with E-state index in [1.165, 1.54) is 6.42 Å². The largest absolute Gasteiger partial charge is 0.356 e. The minimum absolute atomic E-state index is 0. The van der Waals surface area contributed by atoms with Gasteiger partial charge in [-0.3, -0.25) is 4.79 Å². The lowest BCUT2D eigenvalue weighted by molar-refractivity contribution is -0.124. The number of carbonyl (C=O) groups excluding carboxylic acids is 1. The Bertz CT molecular complexity index is 490. The van der Waals surface area contributed by atoms with Crippen LogP contribution < -0.4 is 10.6 Å². The molecule has 0 bridgehead atoms. The Hall–Kier alpha value is -0.480. The zero-order chi connectivity index (χ0) is 15.2. The number of hydrogen-bond donors (Lipinski definition) is 2. The van der Waals surface area contributed by atoms with Crippen molar-refractivity contribution < 1.29 is 4.79 Å². The molecule has 124 valence electrons. The van der Waals surface area contributed by atoms with Crippen LogP contribution in [-0.2, 0) is 11.2 Å². The molecule has 22 heavy (non-hydrogen) atoms. The van der Waals surface area contributed by atoms with E-state index in [0.717, 1.165) is 31.6 Å². The van der Waals surface area contributed by atoms with Gasteiger partial charge >= 0.3 is 0 Å². The monoisotopic (exact) mass is 364 g/mol. The lowest BCUT2D eigenvalue weighted by Crippen LogP contribution is -2.32. The smallest absolute Gasteiger partial charge is 0.223 e. The summed E-state index contributed by atoms with van der Waals surface area (Å²) in [5.74, 6) is 0.698. The summed E-state index contributed by atoms with van der Waals surface area (Å²) in [6.45, 7) is 4.86. The summed E-state index contributed by atoms with van der Waals surface area (Å²) < 4.78 is 0. The predicted octanol–water partition coefficient (Wildman–Crippen LogP) is 3.71. The van der Waals surface area contributed by atoms with Crippen molar-refractivity contribution in [3.8, 4) is 0 Å². The Morgan fingerprint density at radius 2 is 2.23 bits per heavy atom. The van der Waals surface area contributed by atoms with Crippen LogP contribution in [0.5, 0.6) is 0 Å². The van der Waals surface area contributed by atoms with Gasteiger partial charge in [0.15, 0.2) is 0 Å². The van der Waals surface area contributed by atoms with Crippen molar-refractivity contribution in [2.24, 2.45) is 11.8 Å². The van der Waals surface area contributed by atoms with Crippen LogP contribution in [0.4, 0.5) is 0 Å². The molecule has 3 nitrogen and oxygen atoms in total. The normalized spacial score (nSPS) is 18.6. The molecule has 2 atom stereocenters. The fourth-order valence-corrected chi connectivity index (χ4v) is 3.13. The van der Waals surface area contributed by atoms with E-state index in [2.05, 4.69) is 10.6 Å². The highest BCUT2D eigenvalue weighted by Crippen LogP contribution is 2.23. The molecule has 0 aliphatic carbocycles. The minimum Gasteiger partial charge on any atom is -0.356 e. The topological polar surface area (TPSA) is 41.1 Å². The molecule has 0 radical (unpaired) electrons. The van der Waals surface area contributed by atoms with E-state index in [0.29, 0.717) is 22.4 Å². The van der Waals surface area contributed by atoms with E-state index in [-0.39, 0.29) is 24.2 Å². The van der Waals surface area contributed by atoms with Crippen LogP contribution in [0.1, 0.15) is 25.3 Å². The first-order chi connectivity index (χ1) is 10.1. The number of halogens is 3. The van der Waals surface area contributed by atoms with Crippen molar-refractivity contribution in [3.63, 3.8) is 0 Å². The molecule has 1 fully saturated rings. The van der Waals surface area contributed by atoms with Crippen LogP contribution in [0.3, 0.4) is 0 Å². The van der Waals surface area contributed by atoms with Gasteiger partial charge in [0.05, 0.1) is 0 Å². The summed E-state index contributed by atoms with van der Waals surface area (Å²) in [6, 6.07) is 5.41. The third-order valence-electron chi connectivity index (χ3n) is 4.00. The van der Waals surface area contributed by atoms with Crippen LogP contribution in [-0.4, -0.2) is 25.5 Å². The SMILES string of the molecule is CC(Cc1ccc(Cl)cc1Cl)C(=O)NCCC1CCNC1.Cl. The van der Waals surface area contributed by atoms with Crippen molar-refractivity contribution >= 4 is 41.5 Å². The van der Waals surface area contributed by atoms with Crippen molar-refractivity contribution in [2.45, 2.75) is 26.2 Å². The molecule has 0 saturated carbocycles. The van der Waals surface area contributed by atoms with Gasteiger partial charge in [-0.2, -0.15) is 0 Å². The summed E-state index contributed by atoms with van der Waals surface area (Å²) in [7, 11) is 0. The van der Waals surface area contributed by atoms with Gasteiger partial charge in [-0.15, -0.1) is 12.4 Å². The van der Waals surface area contributed by atoms with Crippen molar-refractivity contribution in [1.82, 2.24) is 10.6 Å². The van der Waals surface area contributed by atoms with E-state index in [4.69, 9.17) is 23.2 Å². The van der Waals surface area contributed by atoms with Crippen molar-refractivity contribution in [1.29, 1.82) is 0 Å². The molecular weight excluding hydrogens is 343 g/mol.